The van der Waals surface area contributed by atoms with Crippen molar-refractivity contribution in [2.24, 2.45) is 0 Å². The van der Waals surface area contributed by atoms with Gasteiger partial charge in [-0.15, -0.1) is 0 Å². The number of halogens is 3. The van der Waals surface area contributed by atoms with Crippen LogP contribution in [0.5, 0.6) is 0 Å². The summed E-state index contributed by atoms with van der Waals surface area (Å²) in [5.41, 5.74) is 0.201. The largest absolute Gasteiger partial charge is 0.434 e. The minimum Gasteiger partial charge on any atom is -0.353 e. The van der Waals surface area contributed by atoms with E-state index in [-0.39, 0.29) is 5.65 Å². The zero-order valence-corrected chi connectivity index (χ0v) is 16.1. The van der Waals surface area contributed by atoms with Gasteiger partial charge in [-0.3, -0.25) is 0 Å². The van der Waals surface area contributed by atoms with Gasteiger partial charge in [-0.1, -0.05) is 11.8 Å². The topological polar surface area (TPSA) is 62.5 Å². The molecule has 7 nitrogen and oxygen atoms in total. The predicted octanol–water partition coefficient (Wildman–Crippen LogP) is 2.90. The van der Waals surface area contributed by atoms with Crippen molar-refractivity contribution in [3.63, 3.8) is 0 Å². The highest BCUT2D eigenvalue weighted by molar-refractivity contribution is 7.98. The fourth-order valence-corrected chi connectivity index (χ4v) is 3.61. The summed E-state index contributed by atoms with van der Waals surface area (Å²) in [6.45, 7) is 4.51. The number of nitrogens with zero attached hydrogens (tertiary/aromatic N) is 7. The van der Waals surface area contributed by atoms with Gasteiger partial charge in [-0.05, 0) is 13.2 Å². The standard InChI is InChI=1S/C17H18F3N7S/c1-11-9-13(24-16(22-11)28-2)25-5-7-26(8-6-25)14-15-23-12(17(18,19)20)10-27(15)4-3-21-14/h3-4,9-10H,5-8H2,1-2H3. The number of alkyl halides is 3. The lowest BCUT2D eigenvalue weighted by Gasteiger charge is -2.36. The first-order valence-corrected chi connectivity index (χ1v) is 9.88. The number of thioether (sulfide) groups is 1. The van der Waals surface area contributed by atoms with Crippen LogP contribution in [0, 0.1) is 6.92 Å². The lowest BCUT2D eigenvalue weighted by Crippen LogP contribution is -2.47. The van der Waals surface area contributed by atoms with Gasteiger partial charge in [0.15, 0.2) is 22.3 Å². The van der Waals surface area contributed by atoms with Crippen molar-refractivity contribution in [3.05, 3.63) is 36.0 Å². The molecule has 0 unspecified atom stereocenters. The highest BCUT2D eigenvalue weighted by atomic mass is 32.2. The van der Waals surface area contributed by atoms with E-state index in [0.717, 1.165) is 22.9 Å². The smallest absolute Gasteiger partial charge is 0.353 e. The van der Waals surface area contributed by atoms with Gasteiger partial charge in [0, 0.05) is 56.5 Å². The quantitative estimate of drug-likeness (QED) is 0.487. The monoisotopic (exact) mass is 409 g/mol. The Balaban J connectivity index is 1.56. The third kappa shape index (κ3) is 3.58. The Kier molecular flexibility index (Phi) is 4.77. The predicted molar refractivity (Wildman–Crippen MR) is 101 cm³/mol. The molecule has 4 heterocycles. The molecule has 0 aromatic carbocycles. The van der Waals surface area contributed by atoms with E-state index in [4.69, 9.17) is 0 Å². The Bertz CT molecular complexity index is 996. The van der Waals surface area contributed by atoms with E-state index >= 15 is 0 Å². The minimum absolute atomic E-state index is 0.214. The van der Waals surface area contributed by atoms with Gasteiger partial charge in [0.25, 0.3) is 0 Å². The normalized spacial score (nSPS) is 15.5. The molecule has 4 rings (SSSR count). The maximum Gasteiger partial charge on any atom is 0.434 e. The van der Waals surface area contributed by atoms with Crippen molar-refractivity contribution in [1.29, 1.82) is 0 Å². The van der Waals surface area contributed by atoms with Gasteiger partial charge in [-0.25, -0.2) is 19.9 Å². The van der Waals surface area contributed by atoms with Gasteiger partial charge in [-0.2, -0.15) is 13.2 Å². The molecular weight excluding hydrogens is 391 g/mol. The fraction of sp³-hybridized carbons (Fsp3) is 0.412. The van der Waals surface area contributed by atoms with Gasteiger partial charge in [0.2, 0.25) is 0 Å². The maximum absolute atomic E-state index is 13.0. The molecule has 1 aliphatic rings. The van der Waals surface area contributed by atoms with Crippen LogP contribution in [0.3, 0.4) is 0 Å². The van der Waals surface area contributed by atoms with Crippen molar-refractivity contribution in [1.82, 2.24) is 24.3 Å². The Hall–Kier alpha value is -2.56. The van der Waals surface area contributed by atoms with E-state index in [1.807, 2.05) is 24.1 Å². The number of imidazole rings is 1. The molecule has 3 aromatic rings. The zero-order valence-electron chi connectivity index (χ0n) is 15.3. The molecule has 0 N–H and O–H groups in total. The van der Waals surface area contributed by atoms with Gasteiger partial charge < -0.3 is 14.2 Å². The number of aromatic nitrogens is 5. The second kappa shape index (κ2) is 7.12. The number of piperazine rings is 1. The van der Waals surface area contributed by atoms with E-state index in [0.29, 0.717) is 32.0 Å². The Morgan fingerprint density at radius 1 is 1.04 bits per heavy atom. The molecule has 28 heavy (non-hydrogen) atoms. The molecule has 11 heteroatoms. The third-order valence-electron chi connectivity index (χ3n) is 4.55. The van der Waals surface area contributed by atoms with E-state index < -0.39 is 11.9 Å². The van der Waals surface area contributed by atoms with E-state index in [1.165, 1.54) is 28.6 Å². The summed E-state index contributed by atoms with van der Waals surface area (Å²) < 4.78 is 40.4. The van der Waals surface area contributed by atoms with Crippen LogP contribution in [0.1, 0.15) is 11.4 Å². The Morgan fingerprint density at radius 2 is 1.75 bits per heavy atom. The number of hydrogen-bond acceptors (Lipinski definition) is 7. The van der Waals surface area contributed by atoms with E-state index in [2.05, 4.69) is 24.8 Å². The minimum atomic E-state index is -4.48. The molecule has 0 bridgehead atoms. The van der Waals surface area contributed by atoms with Crippen LogP contribution in [0.25, 0.3) is 5.65 Å². The summed E-state index contributed by atoms with van der Waals surface area (Å²) in [4.78, 5) is 21.1. The van der Waals surface area contributed by atoms with Crippen LogP contribution in [0.15, 0.2) is 29.8 Å². The number of aryl methyl sites for hydroxylation is 1. The summed E-state index contributed by atoms with van der Waals surface area (Å²) in [5.74, 6) is 1.32. The molecule has 0 aliphatic carbocycles. The van der Waals surface area contributed by atoms with Gasteiger partial charge in [0.05, 0.1) is 0 Å². The highest BCUT2D eigenvalue weighted by Crippen LogP contribution is 2.30. The van der Waals surface area contributed by atoms with Crippen molar-refractivity contribution >= 4 is 29.0 Å². The first kappa shape index (κ1) is 18.8. The van der Waals surface area contributed by atoms with Crippen LogP contribution in [-0.4, -0.2) is 56.8 Å². The van der Waals surface area contributed by atoms with Crippen molar-refractivity contribution in [2.45, 2.75) is 18.3 Å². The molecule has 0 spiro atoms. The van der Waals surface area contributed by atoms with Crippen molar-refractivity contribution in [3.8, 4) is 0 Å². The molecule has 0 saturated carbocycles. The number of hydrogen-bond donors (Lipinski definition) is 0. The number of fused-ring (bicyclic) bond motifs is 1. The lowest BCUT2D eigenvalue weighted by molar-refractivity contribution is -0.140. The molecule has 0 amide bonds. The van der Waals surface area contributed by atoms with Crippen LogP contribution < -0.4 is 9.80 Å². The lowest BCUT2D eigenvalue weighted by atomic mass is 10.3. The summed E-state index contributed by atoms with van der Waals surface area (Å²) in [7, 11) is 0. The van der Waals surface area contributed by atoms with Crippen LogP contribution >= 0.6 is 11.8 Å². The highest BCUT2D eigenvalue weighted by Gasteiger charge is 2.34. The fourth-order valence-electron chi connectivity index (χ4n) is 3.19. The molecule has 0 radical (unpaired) electrons. The Labute approximate surface area is 163 Å². The molecule has 1 aliphatic heterocycles. The maximum atomic E-state index is 13.0. The van der Waals surface area contributed by atoms with Crippen molar-refractivity contribution in [2.75, 3.05) is 42.2 Å². The average Bonchev–Trinajstić information content (AvgIpc) is 3.12. The number of rotatable bonds is 3. The second-order valence-electron chi connectivity index (χ2n) is 6.43. The van der Waals surface area contributed by atoms with Crippen LogP contribution in [-0.2, 0) is 6.18 Å². The molecule has 1 fully saturated rings. The summed E-state index contributed by atoms with van der Waals surface area (Å²) in [6.07, 6.45) is 1.41. The molecular formula is C17H18F3N7S. The number of anilines is 2. The van der Waals surface area contributed by atoms with Crippen molar-refractivity contribution < 1.29 is 13.2 Å². The second-order valence-corrected chi connectivity index (χ2v) is 7.21. The molecule has 1 saturated heterocycles. The van der Waals surface area contributed by atoms with Crippen LogP contribution in [0.4, 0.5) is 24.8 Å². The third-order valence-corrected chi connectivity index (χ3v) is 5.10. The van der Waals surface area contributed by atoms with Crippen LogP contribution in [0.2, 0.25) is 0 Å². The summed E-state index contributed by atoms with van der Waals surface area (Å²) in [6, 6.07) is 1.94. The summed E-state index contributed by atoms with van der Waals surface area (Å²) in [5, 5.41) is 0.723. The molecule has 3 aromatic heterocycles. The average molecular weight is 409 g/mol. The molecule has 148 valence electrons. The van der Waals surface area contributed by atoms with E-state index in [1.54, 1.807) is 0 Å². The van der Waals surface area contributed by atoms with Gasteiger partial charge >= 0.3 is 6.18 Å². The Morgan fingerprint density at radius 3 is 2.43 bits per heavy atom. The van der Waals surface area contributed by atoms with E-state index in [9.17, 15) is 13.2 Å². The first-order valence-electron chi connectivity index (χ1n) is 8.65. The zero-order chi connectivity index (χ0) is 19.9. The molecule has 0 atom stereocenters. The SMILES string of the molecule is CSc1nc(C)cc(N2CCN(c3nccn4cc(C(F)(F)F)nc34)CC2)n1. The first-order chi connectivity index (χ1) is 13.3. The van der Waals surface area contributed by atoms with Gasteiger partial charge in [0.1, 0.15) is 5.82 Å². The summed E-state index contributed by atoms with van der Waals surface area (Å²) >= 11 is 1.49.